The van der Waals surface area contributed by atoms with Crippen LogP contribution in [-0.2, 0) is 20.5 Å². The van der Waals surface area contributed by atoms with Gasteiger partial charge in [0.2, 0.25) is 5.91 Å². The second-order valence-corrected chi connectivity index (χ2v) is 9.37. The highest BCUT2D eigenvalue weighted by Gasteiger charge is 2.36. The topological polar surface area (TPSA) is 100 Å². The summed E-state index contributed by atoms with van der Waals surface area (Å²) >= 11 is 0. The Bertz CT molecular complexity index is 1380. The maximum atomic E-state index is 13.5. The van der Waals surface area contributed by atoms with E-state index in [1.165, 1.54) is 24.3 Å². The predicted molar refractivity (Wildman–Crippen MR) is 128 cm³/mol. The molecule has 1 saturated heterocycles. The summed E-state index contributed by atoms with van der Waals surface area (Å²) in [5.41, 5.74) is -1.73. The van der Waals surface area contributed by atoms with E-state index in [4.69, 9.17) is 4.74 Å². The fraction of sp³-hybridized carbons (Fsp3) is 0.346. The van der Waals surface area contributed by atoms with Crippen molar-refractivity contribution in [1.29, 1.82) is 0 Å². The second-order valence-electron chi connectivity index (χ2n) is 9.37. The lowest BCUT2D eigenvalue weighted by Gasteiger charge is -2.22. The van der Waals surface area contributed by atoms with Gasteiger partial charge in [-0.15, -0.1) is 0 Å². The van der Waals surface area contributed by atoms with Gasteiger partial charge >= 0.3 is 12.1 Å². The van der Waals surface area contributed by atoms with Crippen LogP contribution in [0, 0.1) is 0 Å². The first-order valence-corrected chi connectivity index (χ1v) is 11.4. The molecule has 3 N–H and O–H groups in total. The molecule has 1 aliphatic rings. The number of hydrogen-bond acceptors (Lipinski definition) is 5. The number of nitrogens with one attached hydrogen (secondary N) is 3. The molecule has 2 heterocycles. The molecule has 10 heteroatoms. The summed E-state index contributed by atoms with van der Waals surface area (Å²) in [7, 11) is 1.65. The Kier molecular flexibility index (Phi) is 6.66. The van der Waals surface area contributed by atoms with Crippen LogP contribution in [0.25, 0.3) is 22.0 Å². The molecule has 1 aliphatic heterocycles. The zero-order chi connectivity index (χ0) is 26.3. The van der Waals surface area contributed by atoms with Crippen molar-refractivity contribution in [2.75, 3.05) is 13.7 Å². The number of aromatic nitrogens is 1. The van der Waals surface area contributed by atoms with Gasteiger partial charge in [-0.2, -0.15) is 13.2 Å². The average Bonchev–Trinajstić information content (AvgIpc) is 3.22. The van der Waals surface area contributed by atoms with Gasteiger partial charge in [0.25, 0.3) is 5.56 Å². The lowest BCUT2D eigenvalue weighted by atomic mass is 9.93. The fourth-order valence-corrected chi connectivity index (χ4v) is 4.21. The number of likely N-dealkylation sites (N-methyl/N-ethyl adjacent to an activating group) is 1. The Balaban J connectivity index is 1.58. The lowest BCUT2D eigenvalue weighted by Crippen LogP contribution is -2.46. The van der Waals surface area contributed by atoms with E-state index in [9.17, 15) is 27.6 Å². The van der Waals surface area contributed by atoms with E-state index in [1.807, 2.05) is 0 Å². The number of carbonyl (C=O) groups is 2. The number of H-pyrrole nitrogens is 1. The number of esters is 1. The fourth-order valence-electron chi connectivity index (χ4n) is 4.21. The van der Waals surface area contributed by atoms with Gasteiger partial charge in [0, 0.05) is 16.6 Å². The van der Waals surface area contributed by atoms with E-state index < -0.39 is 34.7 Å². The molecule has 1 fully saturated rings. The third-order valence-corrected chi connectivity index (χ3v) is 6.53. The lowest BCUT2D eigenvalue weighted by molar-refractivity contribution is -0.150. The summed E-state index contributed by atoms with van der Waals surface area (Å²) in [5, 5.41) is 6.38. The SMILES string of the molecule is CNC(C)(C)C(=O)OC[C@H]1C[C@H](c2ccc3cc(-c4ccccc4C(F)(F)F)[nH]c(=O)c3c2)C(=O)N1. The van der Waals surface area contributed by atoms with Crippen LogP contribution in [-0.4, -0.2) is 42.1 Å². The second kappa shape index (κ2) is 9.42. The first-order chi connectivity index (χ1) is 16.9. The highest BCUT2D eigenvalue weighted by Crippen LogP contribution is 2.37. The molecule has 0 radical (unpaired) electrons. The molecule has 0 aliphatic carbocycles. The molecule has 0 spiro atoms. The van der Waals surface area contributed by atoms with Crippen LogP contribution in [0.1, 0.15) is 37.3 Å². The third kappa shape index (κ3) is 4.99. The van der Waals surface area contributed by atoms with Crippen molar-refractivity contribution in [3.05, 3.63) is 70.0 Å². The van der Waals surface area contributed by atoms with E-state index in [0.29, 0.717) is 17.4 Å². The monoisotopic (exact) mass is 501 g/mol. The van der Waals surface area contributed by atoms with Gasteiger partial charge in [-0.3, -0.25) is 14.4 Å². The molecule has 2 aromatic carbocycles. The zero-order valence-corrected chi connectivity index (χ0v) is 20.0. The van der Waals surface area contributed by atoms with Gasteiger partial charge in [-0.1, -0.05) is 30.3 Å². The molecule has 7 nitrogen and oxygen atoms in total. The normalized spacial score (nSPS) is 18.3. The van der Waals surface area contributed by atoms with Crippen LogP contribution in [0.3, 0.4) is 0 Å². The number of benzene rings is 2. The van der Waals surface area contributed by atoms with Gasteiger partial charge in [0.05, 0.1) is 17.5 Å². The van der Waals surface area contributed by atoms with Crippen LogP contribution in [0.2, 0.25) is 0 Å². The maximum absolute atomic E-state index is 13.5. The number of pyridine rings is 1. The number of rotatable bonds is 6. The van der Waals surface area contributed by atoms with E-state index in [0.717, 1.165) is 6.07 Å². The first kappa shape index (κ1) is 25.4. The Morgan fingerprint density at radius 2 is 1.83 bits per heavy atom. The molecule has 3 aromatic rings. The zero-order valence-electron chi connectivity index (χ0n) is 20.0. The molecule has 190 valence electrons. The van der Waals surface area contributed by atoms with Gasteiger partial charge in [-0.25, -0.2) is 0 Å². The highest BCUT2D eigenvalue weighted by atomic mass is 19.4. The summed E-state index contributed by atoms with van der Waals surface area (Å²) in [6.07, 6.45) is -4.21. The van der Waals surface area contributed by atoms with Crippen molar-refractivity contribution in [2.45, 2.75) is 43.9 Å². The quantitative estimate of drug-likeness (QED) is 0.447. The predicted octanol–water partition coefficient (Wildman–Crippen LogP) is 3.73. The summed E-state index contributed by atoms with van der Waals surface area (Å²) in [6.45, 7) is 3.39. The standard InChI is InChI=1S/C26H26F3N3O4/c1-25(2,30-3)24(35)36-13-16-12-19(22(33)31-16)14-8-9-15-11-21(32-23(34)18(15)10-14)17-6-4-5-7-20(17)26(27,28)29/h4-11,16,19,30H,12-13H2,1-3H3,(H,31,33)(H,32,34)/t16-,19-/m1/s1. The van der Waals surface area contributed by atoms with E-state index >= 15 is 0 Å². The minimum absolute atomic E-state index is 0.0162. The number of ether oxygens (including phenoxy) is 1. The molecule has 36 heavy (non-hydrogen) atoms. The Hall–Kier alpha value is -3.66. The molecule has 4 rings (SSSR count). The van der Waals surface area contributed by atoms with Crippen molar-refractivity contribution in [3.8, 4) is 11.3 Å². The van der Waals surface area contributed by atoms with Crippen molar-refractivity contribution in [3.63, 3.8) is 0 Å². The molecule has 2 atom stereocenters. The maximum Gasteiger partial charge on any atom is 0.417 e. The van der Waals surface area contributed by atoms with E-state index in [1.54, 1.807) is 39.1 Å². The highest BCUT2D eigenvalue weighted by molar-refractivity contribution is 5.90. The minimum Gasteiger partial charge on any atom is -0.462 e. The molecular formula is C26H26F3N3O4. The smallest absolute Gasteiger partial charge is 0.417 e. The summed E-state index contributed by atoms with van der Waals surface area (Å²) < 4.78 is 45.7. The Labute approximate surface area is 205 Å². The number of amides is 1. The summed E-state index contributed by atoms with van der Waals surface area (Å²) in [6, 6.07) is 11.0. The van der Waals surface area contributed by atoms with Crippen LogP contribution in [0.15, 0.2) is 53.3 Å². The third-order valence-electron chi connectivity index (χ3n) is 6.53. The average molecular weight is 502 g/mol. The molecule has 0 unspecified atom stereocenters. The first-order valence-electron chi connectivity index (χ1n) is 11.4. The molecular weight excluding hydrogens is 475 g/mol. The molecule has 0 bridgehead atoms. The molecule has 0 saturated carbocycles. The van der Waals surface area contributed by atoms with E-state index in [2.05, 4.69) is 15.6 Å². The number of halogens is 3. The number of carbonyl (C=O) groups excluding carboxylic acids is 2. The number of hydrogen-bond donors (Lipinski definition) is 3. The van der Waals surface area contributed by atoms with Crippen LogP contribution in [0.5, 0.6) is 0 Å². The Morgan fingerprint density at radius 1 is 1.11 bits per heavy atom. The van der Waals surface area contributed by atoms with Crippen molar-refractivity contribution in [2.24, 2.45) is 0 Å². The summed E-state index contributed by atoms with van der Waals surface area (Å²) in [5.74, 6) is -1.25. The van der Waals surface area contributed by atoms with Crippen molar-refractivity contribution >= 4 is 22.6 Å². The minimum atomic E-state index is -4.57. The largest absolute Gasteiger partial charge is 0.462 e. The van der Waals surface area contributed by atoms with E-state index in [-0.39, 0.29) is 35.2 Å². The van der Waals surface area contributed by atoms with Crippen molar-refractivity contribution in [1.82, 2.24) is 15.6 Å². The van der Waals surface area contributed by atoms with Crippen LogP contribution in [0.4, 0.5) is 13.2 Å². The number of fused-ring (bicyclic) bond motifs is 1. The summed E-state index contributed by atoms with van der Waals surface area (Å²) in [4.78, 5) is 40.2. The number of alkyl halides is 3. The van der Waals surface area contributed by atoms with Crippen LogP contribution < -0.4 is 16.2 Å². The van der Waals surface area contributed by atoms with Gasteiger partial charge in [-0.05, 0) is 56.5 Å². The Morgan fingerprint density at radius 3 is 2.53 bits per heavy atom. The van der Waals surface area contributed by atoms with Crippen molar-refractivity contribution < 1.29 is 27.5 Å². The van der Waals surface area contributed by atoms with Crippen LogP contribution >= 0.6 is 0 Å². The van der Waals surface area contributed by atoms with Gasteiger partial charge in [0.1, 0.15) is 12.1 Å². The van der Waals surface area contributed by atoms with Gasteiger partial charge in [0.15, 0.2) is 0 Å². The van der Waals surface area contributed by atoms with Gasteiger partial charge < -0.3 is 20.4 Å². The number of aromatic amines is 1. The molecule has 1 amide bonds. The molecule has 1 aromatic heterocycles.